The molecule has 0 bridgehead atoms. The highest BCUT2D eigenvalue weighted by atomic mass is 32.2. The van der Waals surface area contributed by atoms with Crippen molar-refractivity contribution < 1.29 is 9.53 Å². The standard InChI is InChI=1S/C12H18O2S2/c1-9(13)11-5-4-10(14-2)8-12(11)15-6-3-7-16-12/h8,11H,3-7H2,1-2H3. The molecule has 1 aliphatic heterocycles. The third kappa shape index (κ3) is 2.28. The average molecular weight is 258 g/mol. The number of carbonyl (C=O) groups excluding carboxylic acids is 1. The molecule has 16 heavy (non-hydrogen) atoms. The monoisotopic (exact) mass is 258 g/mol. The van der Waals surface area contributed by atoms with Crippen LogP contribution >= 0.6 is 23.5 Å². The highest BCUT2D eigenvalue weighted by Gasteiger charge is 2.44. The molecule has 0 aromatic heterocycles. The van der Waals surface area contributed by atoms with Gasteiger partial charge in [-0.05, 0) is 37.3 Å². The minimum Gasteiger partial charge on any atom is -0.501 e. The molecule has 0 aromatic carbocycles. The number of ether oxygens (including phenoxy) is 1. The first-order chi connectivity index (χ1) is 7.68. The molecule has 0 radical (unpaired) electrons. The van der Waals surface area contributed by atoms with Crippen molar-refractivity contribution in [2.75, 3.05) is 18.6 Å². The van der Waals surface area contributed by atoms with E-state index in [-0.39, 0.29) is 10.00 Å². The SMILES string of the molecule is COC1=CC2(SCCCS2)C(C(C)=O)CC1. The summed E-state index contributed by atoms with van der Waals surface area (Å²) >= 11 is 3.86. The third-order valence-electron chi connectivity index (χ3n) is 3.22. The van der Waals surface area contributed by atoms with Crippen molar-refractivity contribution in [2.45, 2.75) is 30.3 Å². The third-order valence-corrected chi connectivity index (χ3v) is 6.62. The fraction of sp³-hybridized carbons (Fsp3) is 0.750. The summed E-state index contributed by atoms with van der Waals surface area (Å²) in [4.78, 5) is 11.8. The molecule has 90 valence electrons. The second-order valence-electron chi connectivity index (χ2n) is 4.29. The van der Waals surface area contributed by atoms with Crippen LogP contribution in [0.1, 0.15) is 26.2 Å². The molecule has 2 aliphatic rings. The quantitative estimate of drug-likeness (QED) is 0.760. The second kappa shape index (κ2) is 5.05. The molecule has 1 fully saturated rings. The van der Waals surface area contributed by atoms with Crippen molar-refractivity contribution in [2.24, 2.45) is 5.92 Å². The van der Waals surface area contributed by atoms with Gasteiger partial charge in [-0.25, -0.2) is 0 Å². The van der Waals surface area contributed by atoms with Crippen LogP contribution in [0.25, 0.3) is 0 Å². The Hall–Kier alpha value is -0.0900. The summed E-state index contributed by atoms with van der Waals surface area (Å²) in [5.41, 5.74) is 0. The Morgan fingerprint density at radius 1 is 1.50 bits per heavy atom. The van der Waals surface area contributed by atoms with Crippen molar-refractivity contribution in [1.82, 2.24) is 0 Å². The number of rotatable bonds is 2. The maximum atomic E-state index is 11.8. The molecular weight excluding hydrogens is 240 g/mol. The van der Waals surface area contributed by atoms with E-state index in [1.807, 2.05) is 23.5 Å². The minimum absolute atomic E-state index is 0.0341. The van der Waals surface area contributed by atoms with Gasteiger partial charge in [0.2, 0.25) is 0 Å². The van der Waals surface area contributed by atoms with E-state index in [0.717, 1.165) is 30.1 Å². The van der Waals surface area contributed by atoms with Gasteiger partial charge in [-0.3, -0.25) is 4.79 Å². The first-order valence-electron chi connectivity index (χ1n) is 5.72. The Kier molecular flexibility index (Phi) is 3.90. The first kappa shape index (κ1) is 12.4. The van der Waals surface area contributed by atoms with E-state index >= 15 is 0 Å². The fourth-order valence-electron chi connectivity index (χ4n) is 2.38. The summed E-state index contributed by atoms with van der Waals surface area (Å²) in [7, 11) is 1.73. The van der Waals surface area contributed by atoms with Crippen molar-refractivity contribution in [3.05, 3.63) is 11.8 Å². The van der Waals surface area contributed by atoms with E-state index in [9.17, 15) is 4.79 Å². The normalized spacial score (nSPS) is 28.6. The Morgan fingerprint density at radius 2 is 2.19 bits per heavy atom. The molecule has 0 N–H and O–H groups in total. The molecule has 0 aromatic rings. The molecule has 1 atom stereocenters. The highest BCUT2D eigenvalue weighted by Crippen LogP contribution is 2.53. The lowest BCUT2D eigenvalue weighted by molar-refractivity contribution is -0.121. The minimum atomic E-state index is -0.0341. The number of allylic oxidation sites excluding steroid dienone is 1. The van der Waals surface area contributed by atoms with Crippen LogP contribution in [0.2, 0.25) is 0 Å². The Balaban J connectivity index is 2.28. The van der Waals surface area contributed by atoms with Crippen LogP contribution in [0.3, 0.4) is 0 Å². The van der Waals surface area contributed by atoms with Crippen LogP contribution in [-0.4, -0.2) is 28.5 Å². The van der Waals surface area contributed by atoms with Gasteiger partial charge >= 0.3 is 0 Å². The van der Waals surface area contributed by atoms with Crippen molar-refractivity contribution in [3.8, 4) is 0 Å². The van der Waals surface area contributed by atoms with Gasteiger partial charge in [0.05, 0.1) is 16.9 Å². The van der Waals surface area contributed by atoms with Crippen LogP contribution in [0.5, 0.6) is 0 Å². The molecule has 1 spiro atoms. The first-order valence-corrected chi connectivity index (χ1v) is 7.69. The molecule has 2 rings (SSSR count). The maximum Gasteiger partial charge on any atom is 0.135 e. The van der Waals surface area contributed by atoms with Gasteiger partial charge in [0.1, 0.15) is 5.78 Å². The van der Waals surface area contributed by atoms with Crippen molar-refractivity contribution >= 4 is 29.3 Å². The molecule has 1 aliphatic carbocycles. The summed E-state index contributed by atoms with van der Waals surface area (Å²) < 4.78 is 5.34. The van der Waals surface area contributed by atoms with Gasteiger partial charge in [-0.1, -0.05) is 0 Å². The largest absolute Gasteiger partial charge is 0.501 e. The number of thioether (sulfide) groups is 2. The van der Waals surface area contributed by atoms with Gasteiger partial charge in [0.15, 0.2) is 0 Å². The fourth-order valence-corrected chi connectivity index (χ4v) is 6.01. The summed E-state index contributed by atoms with van der Waals surface area (Å²) in [6, 6.07) is 0. The topological polar surface area (TPSA) is 26.3 Å². The highest BCUT2D eigenvalue weighted by molar-refractivity contribution is 8.19. The van der Waals surface area contributed by atoms with Gasteiger partial charge < -0.3 is 4.74 Å². The number of Topliss-reactive ketones (excluding diaryl/α,β-unsaturated/α-hetero) is 1. The van der Waals surface area contributed by atoms with Gasteiger partial charge in [0, 0.05) is 12.3 Å². The average Bonchev–Trinajstić information content (AvgIpc) is 2.29. The van der Waals surface area contributed by atoms with Gasteiger partial charge in [-0.2, -0.15) is 0 Å². The lowest BCUT2D eigenvalue weighted by Crippen LogP contribution is -2.39. The molecule has 2 nitrogen and oxygen atoms in total. The molecule has 0 amide bonds. The van der Waals surface area contributed by atoms with Gasteiger partial charge in [0.25, 0.3) is 0 Å². The van der Waals surface area contributed by atoms with E-state index < -0.39 is 0 Å². The van der Waals surface area contributed by atoms with Crippen LogP contribution in [0.4, 0.5) is 0 Å². The van der Waals surface area contributed by atoms with E-state index in [0.29, 0.717) is 5.78 Å². The number of ketones is 1. The van der Waals surface area contributed by atoms with Crippen LogP contribution < -0.4 is 0 Å². The zero-order chi connectivity index (χ0) is 11.6. The van der Waals surface area contributed by atoms with E-state index in [1.165, 1.54) is 6.42 Å². The molecular formula is C12H18O2S2. The maximum absolute atomic E-state index is 11.8. The van der Waals surface area contributed by atoms with Crippen molar-refractivity contribution in [1.29, 1.82) is 0 Å². The summed E-state index contributed by atoms with van der Waals surface area (Å²) in [5, 5.41) is 0. The molecule has 1 saturated heterocycles. The molecule has 4 heteroatoms. The van der Waals surface area contributed by atoms with Crippen LogP contribution in [0, 0.1) is 5.92 Å². The van der Waals surface area contributed by atoms with E-state index in [4.69, 9.17) is 4.74 Å². The Labute approximate surface area is 106 Å². The van der Waals surface area contributed by atoms with Crippen LogP contribution in [0.15, 0.2) is 11.8 Å². The predicted octanol–water partition coefficient (Wildman–Crippen LogP) is 3.08. The number of hydrogen-bond acceptors (Lipinski definition) is 4. The summed E-state index contributed by atoms with van der Waals surface area (Å²) in [5.74, 6) is 3.86. The molecule has 1 unspecified atom stereocenters. The lowest BCUT2D eigenvalue weighted by Gasteiger charge is -2.42. The number of carbonyl (C=O) groups is 1. The van der Waals surface area contributed by atoms with Gasteiger partial charge in [-0.15, -0.1) is 23.5 Å². The van der Waals surface area contributed by atoms with Crippen LogP contribution in [-0.2, 0) is 9.53 Å². The Bertz CT molecular complexity index is 306. The Morgan fingerprint density at radius 3 is 2.75 bits per heavy atom. The van der Waals surface area contributed by atoms with Crippen molar-refractivity contribution in [3.63, 3.8) is 0 Å². The zero-order valence-electron chi connectivity index (χ0n) is 9.82. The van der Waals surface area contributed by atoms with E-state index in [1.54, 1.807) is 14.0 Å². The predicted molar refractivity (Wildman–Crippen MR) is 70.8 cm³/mol. The summed E-state index contributed by atoms with van der Waals surface area (Å²) in [6.45, 7) is 1.73. The summed E-state index contributed by atoms with van der Waals surface area (Å²) in [6.07, 6.45) is 5.30. The second-order valence-corrected chi connectivity index (χ2v) is 7.29. The lowest BCUT2D eigenvalue weighted by atomic mass is 9.89. The smallest absolute Gasteiger partial charge is 0.135 e. The number of methoxy groups -OCH3 is 1. The molecule has 1 heterocycles. The number of hydrogen-bond donors (Lipinski definition) is 0. The van der Waals surface area contributed by atoms with E-state index in [2.05, 4.69) is 6.08 Å². The molecule has 0 saturated carbocycles. The zero-order valence-corrected chi connectivity index (χ0v) is 11.5.